The number of nitrogens with zero attached hydrogens (tertiary/aromatic N) is 4. The number of unbranched alkanes of at least 4 members (excludes halogenated alkanes) is 1. The first-order valence-electron chi connectivity index (χ1n) is 9.63. The Labute approximate surface area is 182 Å². The van der Waals surface area contributed by atoms with Gasteiger partial charge in [0.15, 0.2) is 5.96 Å². The summed E-state index contributed by atoms with van der Waals surface area (Å²) in [5, 5.41) is 3.45. The summed E-state index contributed by atoms with van der Waals surface area (Å²) in [6, 6.07) is 8.96. The van der Waals surface area contributed by atoms with E-state index in [1.165, 1.54) is 24.2 Å². The van der Waals surface area contributed by atoms with Crippen molar-refractivity contribution in [1.82, 2.24) is 20.0 Å². The van der Waals surface area contributed by atoms with Gasteiger partial charge in [-0.1, -0.05) is 30.3 Å². The van der Waals surface area contributed by atoms with Crippen LogP contribution in [0.5, 0.6) is 0 Å². The number of guanidine groups is 1. The van der Waals surface area contributed by atoms with Crippen LogP contribution >= 0.6 is 24.0 Å². The molecule has 0 bridgehead atoms. The number of aliphatic imine (C=N–C) groups is 1. The fourth-order valence-corrected chi connectivity index (χ4v) is 3.17. The van der Waals surface area contributed by atoms with Crippen LogP contribution in [0.15, 0.2) is 41.9 Å². The van der Waals surface area contributed by atoms with Crippen LogP contribution in [0.4, 0.5) is 0 Å². The summed E-state index contributed by atoms with van der Waals surface area (Å²) in [7, 11) is 6.12. The molecule has 1 fully saturated rings. The molecule has 0 saturated carbocycles. The van der Waals surface area contributed by atoms with Crippen molar-refractivity contribution in [1.29, 1.82) is 0 Å². The van der Waals surface area contributed by atoms with Crippen LogP contribution < -0.4 is 5.32 Å². The Kier molecular flexibility index (Phi) is 11.6. The molecule has 0 aliphatic carbocycles. The van der Waals surface area contributed by atoms with Crippen molar-refractivity contribution in [2.45, 2.75) is 25.9 Å². The van der Waals surface area contributed by atoms with Crippen LogP contribution in [0.1, 0.15) is 24.0 Å². The number of hydrogen-bond donors (Lipinski definition) is 1. The second-order valence-electron chi connectivity index (χ2n) is 7.15. The first-order chi connectivity index (χ1) is 12.6. The predicted octanol–water partition coefficient (Wildman–Crippen LogP) is 3.03. The fourth-order valence-electron chi connectivity index (χ4n) is 3.17. The summed E-state index contributed by atoms with van der Waals surface area (Å²) >= 11 is 0. The molecule has 1 heterocycles. The van der Waals surface area contributed by atoms with Gasteiger partial charge in [-0.15, -0.1) is 30.6 Å². The molecule has 1 aliphatic rings. The Morgan fingerprint density at radius 2 is 1.81 bits per heavy atom. The highest BCUT2D eigenvalue weighted by Gasteiger charge is 2.13. The maximum Gasteiger partial charge on any atom is 0.193 e. The second kappa shape index (κ2) is 13.1. The van der Waals surface area contributed by atoms with Gasteiger partial charge in [-0.05, 0) is 31.0 Å². The molecule has 0 spiro atoms. The molecule has 1 aromatic rings. The van der Waals surface area contributed by atoms with Crippen LogP contribution in [0.3, 0.4) is 0 Å². The third kappa shape index (κ3) is 8.62. The van der Waals surface area contributed by atoms with E-state index in [4.69, 9.17) is 0 Å². The SMILES string of the molecule is C=CCCCN(C)C(=NC)NCc1ccc(CN2CCN(C)CC2)cc1.I. The number of benzene rings is 1. The van der Waals surface area contributed by atoms with Crippen LogP contribution in [-0.4, -0.2) is 74.5 Å². The summed E-state index contributed by atoms with van der Waals surface area (Å²) in [6.45, 7) is 11.3. The van der Waals surface area contributed by atoms with Crippen LogP contribution in [0.25, 0.3) is 0 Å². The average Bonchev–Trinajstić information content (AvgIpc) is 2.65. The van der Waals surface area contributed by atoms with Gasteiger partial charge in [-0.3, -0.25) is 9.89 Å². The number of halogens is 1. The summed E-state index contributed by atoms with van der Waals surface area (Å²) in [5.74, 6) is 0.940. The molecule has 1 N–H and O–H groups in total. The molecular formula is C21H36IN5. The van der Waals surface area contributed by atoms with E-state index in [2.05, 4.69) is 69.9 Å². The van der Waals surface area contributed by atoms with E-state index in [-0.39, 0.29) is 24.0 Å². The highest BCUT2D eigenvalue weighted by molar-refractivity contribution is 14.0. The highest BCUT2D eigenvalue weighted by Crippen LogP contribution is 2.10. The third-order valence-electron chi connectivity index (χ3n) is 4.95. The number of hydrogen-bond acceptors (Lipinski definition) is 3. The Hall–Kier alpha value is -1.12. The zero-order chi connectivity index (χ0) is 18.8. The van der Waals surface area contributed by atoms with Gasteiger partial charge >= 0.3 is 0 Å². The lowest BCUT2D eigenvalue weighted by Gasteiger charge is -2.32. The van der Waals surface area contributed by atoms with Crippen molar-refractivity contribution < 1.29 is 0 Å². The standard InChI is InChI=1S/C21H35N5.HI/c1-5-6-7-12-25(4)21(22-2)23-17-19-8-10-20(11-9-19)18-26-15-13-24(3)14-16-26;/h5,8-11H,1,6-7,12-18H2,2-4H3,(H,22,23);1H. The molecule has 1 aromatic carbocycles. The second-order valence-corrected chi connectivity index (χ2v) is 7.15. The van der Waals surface area contributed by atoms with E-state index in [1.54, 1.807) is 0 Å². The number of likely N-dealkylation sites (N-methyl/N-ethyl adjacent to an activating group) is 1. The van der Waals surface area contributed by atoms with Gasteiger partial charge in [-0.2, -0.15) is 0 Å². The van der Waals surface area contributed by atoms with Gasteiger partial charge in [0.05, 0.1) is 0 Å². The average molecular weight is 485 g/mol. The molecule has 152 valence electrons. The largest absolute Gasteiger partial charge is 0.352 e. The van der Waals surface area contributed by atoms with E-state index >= 15 is 0 Å². The lowest BCUT2D eigenvalue weighted by molar-refractivity contribution is 0.148. The van der Waals surface area contributed by atoms with E-state index in [9.17, 15) is 0 Å². The zero-order valence-corrected chi connectivity index (χ0v) is 19.5. The van der Waals surface area contributed by atoms with Crippen molar-refractivity contribution >= 4 is 29.9 Å². The van der Waals surface area contributed by atoms with Gasteiger partial charge in [-0.25, -0.2) is 0 Å². The molecule has 1 aliphatic heterocycles. The van der Waals surface area contributed by atoms with E-state index < -0.39 is 0 Å². The minimum atomic E-state index is 0. The van der Waals surface area contributed by atoms with E-state index in [1.807, 2.05) is 13.1 Å². The molecule has 0 amide bonds. The van der Waals surface area contributed by atoms with Gasteiger partial charge < -0.3 is 15.1 Å². The summed E-state index contributed by atoms with van der Waals surface area (Å²) in [5.41, 5.74) is 2.68. The molecular weight excluding hydrogens is 449 g/mol. The van der Waals surface area contributed by atoms with E-state index in [0.29, 0.717) is 0 Å². The molecule has 0 atom stereocenters. The molecule has 0 unspecified atom stereocenters. The summed E-state index contributed by atoms with van der Waals surface area (Å²) in [4.78, 5) is 11.5. The molecule has 2 rings (SSSR count). The molecule has 0 aromatic heterocycles. The van der Waals surface area contributed by atoms with Gasteiger partial charge in [0.2, 0.25) is 0 Å². The zero-order valence-electron chi connectivity index (χ0n) is 17.2. The number of allylic oxidation sites excluding steroid dienone is 1. The van der Waals surface area contributed by atoms with Crippen molar-refractivity contribution in [3.8, 4) is 0 Å². The number of nitrogens with one attached hydrogen (secondary N) is 1. The Morgan fingerprint density at radius 3 is 2.41 bits per heavy atom. The first-order valence-corrected chi connectivity index (χ1v) is 9.63. The Balaban J connectivity index is 0.00000364. The molecule has 6 heteroatoms. The highest BCUT2D eigenvalue weighted by atomic mass is 127. The fraction of sp³-hybridized carbons (Fsp3) is 0.571. The molecule has 1 saturated heterocycles. The summed E-state index contributed by atoms with van der Waals surface area (Å²) in [6.07, 6.45) is 4.10. The smallest absolute Gasteiger partial charge is 0.193 e. The van der Waals surface area contributed by atoms with Crippen molar-refractivity contribution in [2.75, 3.05) is 53.9 Å². The molecule has 5 nitrogen and oxygen atoms in total. The van der Waals surface area contributed by atoms with Gasteiger partial charge in [0.1, 0.15) is 0 Å². The number of rotatable bonds is 8. The van der Waals surface area contributed by atoms with Crippen molar-refractivity contribution in [3.05, 3.63) is 48.0 Å². The normalized spacial score (nSPS) is 15.9. The van der Waals surface area contributed by atoms with Crippen LogP contribution in [0, 0.1) is 0 Å². The molecule has 27 heavy (non-hydrogen) atoms. The Morgan fingerprint density at radius 1 is 1.19 bits per heavy atom. The molecule has 0 radical (unpaired) electrons. The minimum absolute atomic E-state index is 0. The quantitative estimate of drug-likeness (QED) is 0.202. The van der Waals surface area contributed by atoms with Crippen molar-refractivity contribution in [3.63, 3.8) is 0 Å². The lowest BCUT2D eigenvalue weighted by Crippen LogP contribution is -2.43. The maximum atomic E-state index is 4.38. The maximum absolute atomic E-state index is 4.38. The van der Waals surface area contributed by atoms with Gasteiger partial charge in [0.25, 0.3) is 0 Å². The monoisotopic (exact) mass is 485 g/mol. The first kappa shape index (κ1) is 23.9. The Bertz CT molecular complexity index is 564. The summed E-state index contributed by atoms with van der Waals surface area (Å²) < 4.78 is 0. The van der Waals surface area contributed by atoms with Crippen molar-refractivity contribution in [2.24, 2.45) is 4.99 Å². The third-order valence-corrected chi connectivity index (χ3v) is 4.95. The van der Waals surface area contributed by atoms with Crippen LogP contribution in [-0.2, 0) is 13.1 Å². The topological polar surface area (TPSA) is 34.1 Å². The predicted molar refractivity (Wildman–Crippen MR) is 127 cm³/mol. The van der Waals surface area contributed by atoms with Gasteiger partial charge in [0, 0.05) is 59.9 Å². The lowest BCUT2D eigenvalue weighted by atomic mass is 10.1. The number of piperazine rings is 1. The minimum Gasteiger partial charge on any atom is -0.352 e. The van der Waals surface area contributed by atoms with E-state index in [0.717, 1.165) is 51.5 Å². The van der Waals surface area contributed by atoms with Crippen LogP contribution in [0.2, 0.25) is 0 Å².